The SMILES string of the molecule is CCC(F)C(=O)OP(=O)(CC)CC. The fourth-order valence-electron chi connectivity index (χ4n) is 0.741. The molecule has 0 bridgehead atoms. The number of alkyl halides is 1. The second kappa shape index (κ2) is 5.38. The zero-order valence-corrected chi connectivity index (χ0v) is 9.14. The molecule has 5 heteroatoms. The summed E-state index contributed by atoms with van der Waals surface area (Å²) in [6.45, 7) is 4.86. The van der Waals surface area contributed by atoms with Crippen LogP contribution >= 0.6 is 7.37 Å². The maximum atomic E-state index is 12.7. The summed E-state index contributed by atoms with van der Waals surface area (Å²) in [6, 6.07) is 0. The van der Waals surface area contributed by atoms with Crippen LogP contribution in [0.15, 0.2) is 0 Å². The van der Waals surface area contributed by atoms with E-state index >= 15 is 0 Å². The molecule has 0 aliphatic carbocycles. The molecule has 0 aromatic carbocycles. The Morgan fingerprint density at radius 3 is 2.15 bits per heavy atom. The fraction of sp³-hybridized carbons (Fsp3) is 0.875. The van der Waals surface area contributed by atoms with Crippen molar-refractivity contribution in [2.45, 2.75) is 33.4 Å². The van der Waals surface area contributed by atoms with Gasteiger partial charge in [-0.3, -0.25) is 4.57 Å². The fourth-order valence-corrected chi connectivity index (χ4v) is 1.89. The molecule has 0 aromatic rings. The highest BCUT2D eigenvalue weighted by Crippen LogP contribution is 2.46. The third-order valence-electron chi connectivity index (χ3n) is 1.83. The first-order valence-electron chi connectivity index (χ1n) is 4.44. The van der Waals surface area contributed by atoms with Crippen LogP contribution in [0.3, 0.4) is 0 Å². The molecule has 13 heavy (non-hydrogen) atoms. The highest BCUT2D eigenvalue weighted by Gasteiger charge is 2.26. The summed E-state index contributed by atoms with van der Waals surface area (Å²) in [5.41, 5.74) is 0. The average molecular weight is 210 g/mol. The van der Waals surface area contributed by atoms with Gasteiger partial charge in [0.25, 0.3) is 7.37 Å². The molecule has 0 rings (SSSR count). The lowest BCUT2D eigenvalue weighted by molar-refractivity contribution is -0.139. The molecular formula is C8H16FO3P. The number of carbonyl (C=O) groups is 1. The van der Waals surface area contributed by atoms with Crippen molar-refractivity contribution in [3.63, 3.8) is 0 Å². The van der Waals surface area contributed by atoms with E-state index in [1.165, 1.54) is 6.92 Å². The third-order valence-corrected chi connectivity index (χ3v) is 4.27. The molecule has 1 atom stereocenters. The third kappa shape index (κ3) is 3.90. The van der Waals surface area contributed by atoms with Crippen molar-refractivity contribution in [2.75, 3.05) is 12.3 Å². The molecule has 78 valence electrons. The van der Waals surface area contributed by atoms with Crippen molar-refractivity contribution < 1.29 is 18.3 Å². The van der Waals surface area contributed by atoms with E-state index in [2.05, 4.69) is 4.52 Å². The van der Waals surface area contributed by atoms with Gasteiger partial charge in [0.1, 0.15) is 0 Å². The summed E-state index contributed by atoms with van der Waals surface area (Å²) in [7, 11) is -2.89. The van der Waals surface area contributed by atoms with Crippen molar-refractivity contribution in [2.24, 2.45) is 0 Å². The quantitative estimate of drug-likeness (QED) is 0.655. The van der Waals surface area contributed by atoms with E-state index in [-0.39, 0.29) is 18.7 Å². The Kier molecular flexibility index (Phi) is 5.23. The molecule has 0 radical (unpaired) electrons. The maximum absolute atomic E-state index is 12.7. The van der Waals surface area contributed by atoms with E-state index in [1.54, 1.807) is 13.8 Å². The van der Waals surface area contributed by atoms with E-state index in [4.69, 9.17) is 0 Å². The maximum Gasteiger partial charge on any atom is 0.345 e. The van der Waals surface area contributed by atoms with E-state index < -0.39 is 19.5 Å². The van der Waals surface area contributed by atoms with Gasteiger partial charge in [-0.1, -0.05) is 20.8 Å². The van der Waals surface area contributed by atoms with E-state index in [9.17, 15) is 13.8 Å². The van der Waals surface area contributed by atoms with Crippen LogP contribution in [0.1, 0.15) is 27.2 Å². The molecule has 0 aliphatic rings. The Morgan fingerprint density at radius 2 is 1.85 bits per heavy atom. The van der Waals surface area contributed by atoms with Crippen LogP contribution in [-0.2, 0) is 13.9 Å². The van der Waals surface area contributed by atoms with Crippen LogP contribution < -0.4 is 0 Å². The number of hydrogen-bond acceptors (Lipinski definition) is 3. The van der Waals surface area contributed by atoms with Crippen LogP contribution in [0, 0.1) is 0 Å². The average Bonchev–Trinajstić information content (AvgIpc) is 2.16. The van der Waals surface area contributed by atoms with Crippen LogP contribution in [0.2, 0.25) is 0 Å². The van der Waals surface area contributed by atoms with Gasteiger partial charge in [0.05, 0.1) is 0 Å². The lowest BCUT2D eigenvalue weighted by Crippen LogP contribution is -2.17. The monoisotopic (exact) mass is 210 g/mol. The first-order valence-corrected chi connectivity index (χ1v) is 6.44. The van der Waals surface area contributed by atoms with Crippen molar-refractivity contribution in [1.82, 2.24) is 0 Å². The lowest BCUT2D eigenvalue weighted by atomic mass is 10.3. The summed E-state index contributed by atoms with van der Waals surface area (Å²) in [5.74, 6) is -0.991. The van der Waals surface area contributed by atoms with Crippen LogP contribution in [0.5, 0.6) is 0 Å². The predicted octanol–water partition coefficient (Wildman–Crippen LogP) is 2.60. The van der Waals surface area contributed by atoms with Crippen molar-refractivity contribution >= 4 is 13.3 Å². The molecule has 0 spiro atoms. The van der Waals surface area contributed by atoms with Gasteiger partial charge in [0, 0.05) is 12.3 Å². The molecule has 0 N–H and O–H groups in total. The van der Waals surface area contributed by atoms with Crippen molar-refractivity contribution in [3.8, 4) is 0 Å². The van der Waals surface area contributed by atoms with Gasteiger partial charge >= 0.3 is 5.97 Å². The summed E-state index contributed by atoms with van der Waals surface area (Å²) in [4.78, 5) is 10.9. The number of hydrogen-bond donors (Lipinski definition) is 0. The minimum atomic E-state index is -2.89. The molecule has 0 heterocycles. The zero-order chi connectivity index (χ0) is 10.5. The Labute approximate surface area is 78.1 Å². The molecule has 0 aliphatic heterocycles. The van der Waals surface area contributed by atoms with Crippen LogP contribution in [0.4, 0.5) is 4.39 Å². The highest BCUT2D eigenvalue weighted by molar-refractivity contribution is 7.59. The summed E-state index contributed by atoms with van der Waals surface area (Å²) in [5, 5.41) is 0. The topological polar surface area (TPSA) is 43.4 Å². The Balaban J connectivity index is 4.26. The highest BCUT2D eigenvalue weighted by atomic mass is 31.2. The van der Waals surface area contributed by atoms with Gasteiger partial charge in [-0.25, -0.2) is 9.18 Å². The first kappa shape index (κ1) is 12.6. The molecule has 0 amide bonds. The second-order valence-electron chi connectivity index (χ2n) is 2.73. The van der Waals surface area contributed by atoms with Crippen molar-refractivity contribution in [1.29, 1.82) is 0 Å². The minimum absolute atomic E-state index is 0.0618. The molecular weight excluding hydrogens is 194 g/mol. The second-order valence-corrected chi connectivity index (χ2v) is 5.81. The van der Waals surface area contributed by atoms with Crippen LogP contribution in [0.25, 0.3) is 0 Å². The molecule has 0 saturated heterocycles. The van der Waals surface area contributed by atoms with Gasteiger partial charge in [0.15, 0.2) is 6.17 Å². The standard InChI is InChI=1S/C8H16FO3P/c1-4-7(9)8(10)12-13(11,5-2)6-3/h7H,4-6H2,1-3H3. The Bertz CT molecular complexity index is 209. The largest absolute Gasteiger partial charge is 0.410 e. The summed E-state index contributed by atoms with van der Waals surface area (Å²) >= 11 is 0. The smallest absolute Gasteiger partial charge is 0.345 e. The molecule has 0 saturated carbocycles. The zero-order valence-electron chi connectivity index (χ0n) is 8.25. The minimum Gasteiger partial charge on any atom is -0.410 e. The van der Waals surface area contributed by atoms with Gasteiger partial charge in [-0.2, -0.15) is 0 Å². The van der Waals surface area contributed by atoms with Crippen LogP contribution in [-0.4, -0.2) is 24.5 Å². The van der Waals surface area contributed by atoms with E-state index in [0.29, 0.717) is 0 Å². The van der Waals surface area contributed by atoms with Gasteiger partial charge in [-0.15, -0.1) is 0 Å². The van der Waals surface area contributed by atoms with E-state index in [0.717, 1.165) is 0 Å². The van der Waals surface area contributed by atoms with Gasteiger partial charge in [-0.05, 0) is 6.42 Å². The number of carbonyl (C=O) groups excluding carboxylic acids is 1. The molecule has 0 aromatic heterocycles. The van der Waals surface area contributed by atoms with Gasteiger partial charge < -0.3 is 4.52 Å². The number of halogens is 1. The molecule has 1 unspecified atom stereocenters. The van der Waals surface area contributed by atoms with Crippen molar-refractivity contribution in [3.05, 3.63) is 0 Å². The molecule has 3 nitrogen and oxygen atoms in total. The summed E-state index contributed by atoms with van der Waals surface area (Å²) < 4.78 is 28.9. The molecule has 0 fully saturated rings. The summed E-state index contributed by atoms with van der Waals surface area (Å²) in [6.07, 6.45) is -1.05. The normalized spacial score (nSPS) is 13.8. The van der Waals surface area contributed by atoms with E-state index in [1.807, 2.05) is 0 Å². The van der Waals surface area contributed by atoms with Gasteiger partial charge in [0.2, 0.25) is 0 Å². The Morgan fingerprint density at radius 1 is 1.38 bits per heavy atom. The predicted molar refractivity (Wildman–Crippen MR) is 50.0 cm³/mol. The lowest BCUT2D eigenvalue weighted by Gasteiger charge is -2.15. The first-order chi connectivity index (χ1) is 5.99. The Hall–Kier alpha value is -0.370. The number of rotatable bonds is 5.